The summed E-state index contributed by atoms with van der Waals surface area (Å²) in [6, 6.07) is 14.2. The Bertz CT molecular complexity index is 1010. The van der Waals surface area contributed by atoms with Crippen LogP contribution in [0.2, 0.25) is 0 Å². The molecule has 114 valence electrons. The lowest BCUT2D eigenvalue weighted by molar-refractivity contribution is 0.414. The molecule has 0 spiro atoms. The molecule has 23 heavy (non-hydrogen) atoms. The highest BCUT2D eigenvalue weighted by Crippen LogP contribution is 2.29. The lowest BCUT2D eigenvalue weighted by Crippen LogP contribution is -2.21. The molecule has 0 saturated heterocycles. The normalized spacial score (nSPS) is 14.9. The second-order valence-corrected chi connectivity index (χ2v) is 5.53. The number of H-pyrrole nitrogens is 2. The highest BCUT2D eigenvalue weighted by atomic mass is 16.5. The topological polar surface area (TPSA) is 53.2 Å². The second kappa shape index (κ2) is 5.32. The standard InChI is InChI=1S/C19H17N3O/c1-12-13-6-3-4-7-14(13)21-16(12)10-18-19(23-2)11-17(22-18)15-8-5-9-20-15/h3-11,20,22H,1-2H3. The van der Waals surface area contributed by atoms with E-state index in [2.05, 4.69) is 23.0 Å². The maximum atomic E-state index is 5.51. The summed E-state index contributed by atoms with van der Waals surface area (Å²) in [4.78, 5) is 11.3. The Labute approximate surface area is 133 Å². The molecule has 0 radical (unpaired) electrons. The van der Waals surface area contributed by atoms with Crippen molar-refractivity contribution in [2.75, 3.05) is 7.11 Å². The molecule has 4 heteroatoms. The summed E-state index contributed by atoms with van der Waals surface area (Å²) >= 11 is 0. The van der Waals surface area contributed by atoms with Gasteiger partial charge in [0.1, 0.15) is 5.75 Å². The first kappa shape index (κ1) is 13.6. The minimum absolute atomic E-state index is 0.807. The largest absolute Gasteiger partial charge is 0.494 e. The van der Waals surface area contributed by atoms with Gasteiger partial charge in [-0.25, -0.2) is 4.99 Å². The number of nitrogens with zero attached hydrogens (tertiary/aromatic N) is 1. The number of benzene rings is 1. The van der Waals surface area contributed by atoms with Crippen LogP contribution in [0.3, 0.4) is 0 Å². The van der Waals surface area contributed by atoms with E-state index in [1.54, 1.807) is 7.11 Å². The van der Waals surface area contributed by atoms with E-state index in [0.717, 1.165) is 33.9 Å². The Morgan fingerprint density at radius 3 is 2.70 bits per heavy atom. The number of ether oxygens (including phenoxy) is 1. The van der Waals surface area contributed by atoms with E-state index in [1.807, 2.05) is 48.7 Å². The fourth-order valence-electron chi connectivity index (χ4n) is 2.89. The molecule has 1 aliphatic rings. The van der Waals surface area contributed by atoms with Crippen molar-refractivity contribution in [2.45, 2.75) is 6.92 Å². The van der Waals surface area contributed by atoms with Gasteiger partial charge in [0.15, 0.2) is 0 Å². The molecule has 1 aliphatic heterocycles. The predicted octanol–water partition coefficient (Wildman–Crippen LogP) is 2.86. The molecule has 3 heterocycles. The highest BCUT2D eigenvalue weighted by molar-refractivity contribution is 5.76. The van der Waals surface area contributed by atoms with Crippen LogP contribution < -0.4 is 15.3 Å². The SMILES string of the molecule is COc1cc(-c2ccc[nH]2)[nH]c1C=C1N=c2ccccc2=C1C. The van der Waals surface area contributed by atoms with Crippen LogP contribution in [0.4, 0.5) is 0 Å². The Balaban J connectivity index is 1.82. The van der Waals surface area contributed by atoms with E-state index in [9.17, 15) is 0 Å². The van der Waals surface area contributed by atoms with Gasteiger partial charge in [-0.15, -0.1) is 0 Å². The van der Waals surface area contributed by atoms with Gasteiger partial charge < -0.3 is 14.7 Å². The molecular formula is C19H17N3O. The van der Waals surface area contributed by atoms with Crippen LogP contribution in [0.25, 0.3) is 23.0 Å². The molecule has 0 bridgehead atoms. The maximum absolute atomic E-state index is 5.51. The minimum Gasteiger partial charge on any atom is -0.494 e. The first-order valence-electron chi connectivity index (χ1n) is 7.54. The van der Waals surface area contributed by atoms with Crippen molar-refractivity contribution < 1.29 is 4.74 Å². The fourth-order valence-corrected chi connectivity index (χ4v) is 2.89. The monoisotopic (exact) mass is 303 g/mol. The summed E-state index contributed by atoms with van der Waals surface area (Å²) in [6.07, 6.45) is 3.95. The molecule has 0 aliphatic carbocycles. The third kappa shape index (κ3) is 2.28. The van der Waals surface area contributed by atoms with Crippen LogP contribution in [0.5, 0.6) is 5.75 Å². The molecule has 4 rings (SSSR count). The number of allylic oxidation sites excluding steroid dienone is 1. The van der Waals surface area contributed by atoms with Crippen LogP contribution in [-0.4, -0.2) is 17.1 Å². The molecule has 2 aromatic heterocycles. The summed E-state index contributed by atoms with van der Waals surface area (Å²) in [5.74, 6) is 0.807. The van der Waals surface area contributed by atoms with E-state index < -0.39 is 0 Å². The van der Waals surface area contributed by atoms with Crippen LogP contribution >= 0.6 is 0 Å². The van der Waals surface area contributed by atoms with Gasteiger partial charge in [-0.1, -0.05) is 18.2 Å². The average molecular weight is 303 g/mol. The number of methoxy groups -OCH3 is 1. The first-order valence-corrected chi connectivity index (χ1v) is 7.54. The van der Waals surface area contributed by atoms with Gasteiger partial charge in [0.05, 0.1) is 35.2 Å². The van der Waals surface area contributed by atoms with Crippen molar-refractivity contribution in [2.24, 2.45) is 4.99 Å². The second-order valence-electron chi connectivity index (χ2n) is 5.53. The Morgan fingerprint density at radius 2 is 1.96 bits per heavy atom. The molecule has 0 unspecified atom stereocenters. The average Bonchev–Trinajstić information content (AvgIpc) is 3.28. The number of hydrogen-bond acceptors (Lipinski definition) is 2. The summed E-state index contributed by atoms with van der Waals surface area (Å²) < 4.78 is 5.51. The zero-order valence-corrected chi connectivity index (χ0v) is 13.1. The van der Waals surface area contributed by atoms with Crippen molar-refractivity contribution >= 4 is 11.6 Å². The predicted molar refractivity (Wildman–Crippen MR) is 91.4 cm³/mol. The minimum atomic E-state index is 0.807. The zero-order valence-electron chi connectivity index (χ0n) is 13.1. The van der Waals surface area contributed by atoms with Crippen molar-refractivity contribution in [1.29, 1.82) is 0 Å². The third-order valence-electron chi connectivity index (χ3n) is 4.13. The summed E-state index contributed by atoms with van der Waals surface area (Å²) in [6.45, 7) is 2.10. The Morgan fingerprint density at radius 1 is 1.09 bits per heavy atom. The van der Waals surface area contributed by atoms with Gasteiger partial charge in [-0.3, -0.25) is 0 Å². The molecule has 2 N–H and O–H groups in total. The Kier molecular flexibility index (Phi) is 3.15. The number of para-hydroxylation sites is 1. The molecule has 4 nitrogen and oxygen atoms in total. The molecule has 1 aromatic carbocycles. The van der Waals surface area contributed by atoms with Crippen molar-refractivity contribution in [3.63, 3.8) is 0 Å². The van der Waals surface area contributed by atoms with Crippen LogP contribution in [0.15, 0.2) is 59.4 Å². The highest BCUT2D eigenvalue weighted by Gasteiger charge is 2.13. The van der Waals surface area contributed by atoms with Gasteiger partial charge in [-0.05, 0) is 36.8 Å². The van der Waals surface area contributed by atoms with E-state index in [-0.39, 0.29) is 0 Å². The van der Waals surface area contributed by atoms with Crippen molar-refractivity contribution in [3.05, 3.63) is 70.6 Å². The number of rotatable bonds is 3. The van der Waals surface area contributed by atoms with E-state index in [4.69, 9.17) is 9.73 Å². The van der Waals surface area contributed by atoms with Gasteiger partial charge in [0, 0.05) is 17.5 Å². The maximum Gasteiger partial charge on any atom is 0.144 e. The van der Waals surface area contributed by atoms with Crippen LogP contribution in [0.1, 0.15) is 12.6 Å². The van der Waals surface area contributed by atoms with Gasteiger partial charge in [0.2, 0.25) is 0 Å². The van der Waals surface area contributed by atoms with Crippen molar-refractivity contribution in [3.8, 4) is 17.1 Å². The van der Waals surface area contributed by atoms with Crippen molar-refractivity contribution in [1.82, 2.24) is 9.97 Å². The van der Waals surface area contributed by atoms with Gasteiger partial charge in [-0.2, -0.15) is 0 Å². The number of nitrogens with one attached hydrogen (secondary N) is 2. The molecular weight excluding hydrogens is 286 g/mol. The van der Waals surface area contributed by atoms with Crippen LogP contribution in [0, 0.1) is 0 Å². The van der Waals surface area contributed by atoms with Crippen LogP contribution in [-0.2, 0) is 0 Å². The lowest BCUT2D eigenvalue weighted by atomic mass is 10.1. The zero-order chi connectivity index (χ0) is 15.8. The molecule has 0 fully saturated rings. The number of fused-ring (bicyclic) bond motifs is 1. The molecule has 0 amide bonds. The van der Waals surface area contributed by atoms with Gasteiger partial charge in [0.25, 0.3) is 0 Å². The smallest absolute Gasteiger partial charge is 0.144 e. The molecule has 0 atom stereocenters. The summed E-state index contributed by atoms with van der Waals surface area (Å²) in [5.41, 5.74) is 5.08. The number of aromatic amines is 2. The van der Waals surface area contributed by atoms with E-state index in [0.29, 0.717) is 0 Å². The van der Waals surface area contributed by atoms with E-state index >= 15 is 0 Å². The summed E-state index contributed by atoms with van der Waals surface area (Å²) in [7, 11) is 1.68. The van der Waals surface area contributed by atoms with Gasteiger partial charge >= 0.3 is 0 Å². The molecule has 3 aromatic rings. The fraction of sp³-hybridized carbons (Fsp3) is 0.105. The molecule has 0 saturated carbocycles. The third-order valence-corrected chi connectivity index (χ3v) is 4.13. The quantitative estimate of drug-likeness (QED) is 0.768. The Hall–Kier alpha value is -3.01. The first-order chi connectivity index (χ1) is 11.3. The lowest BCUT2D eigenvalue weighted by Gasteiger charge is -1.99. The summed E-state index contributed by atoms with van der Waals surface area (Å²) in [5, 5.41) is 2.21. The number of aromatic nitrogens is 2. The van der Waals surface area contributed by atoms with E-state index in [1.165, 1.54) is 10.8 Å². The number of hydrogen-bond donors (Lipinski definition) is 2.